The largest absolute Gasteiger partial charge is 0.300 e. The molecule has 0 aromatic rings. The number of hydrogen-bond acceptors (Lipinski definition) is 3. The maximum atomic E-state index is 11.8. The number of rotatable bonds is 4. The number of nitrogens with one attached hydrogen (secondary N) is 1. The van der Waals surface area contributed by atoms with Gasteiger partial charge in [-0.25, -0.2) is 13.1 Å². The van der Waals surface area contributed by atoms with Crippen molar-refractivity contribution in [3.8, 4) is 0 Å². The average Bonchev–Trinajstić information content (AvgIpc) is 2.18. The molecule has 0 unspecified atom stereocenters. The zero-order valence-electron chi connectivity index (χ0n) is 11.0. The summed E-state index contributed by atoms with van der Waals surface area (Å²) in [5.41, 5.74) is 0.0251. The lowest BCUT2D eigenvalue weighted by molar-refractivity contribution is -0.120. The van der Waals surface area contributed by atoms with Gasteiger partial charge in [-0.15, -0.1) is 0 Å². The van der Waals surface area contributed by atoms with Crippen LogP contribution in [0, 0.1) is 5.41 Å². The molecule has 1 aliphatic rings. The molecule has 0 atom stereocenters. The zero-order valence-corrected chi connectivity index (χ0v) is 11.8. The highest BCUT2D eigenvalue weighted by atomic mass is 32.2. The number of hydrogen-bond donors (Lipinski definition) is 1. The van der Waals surface area contributed by atoms with Gasteiger partial charge in [0.1, 0.15) is 5.78 Å². The fourth-order valence-electron chi connectivity index (χ4n) is 1.81. The molecule has 1 rings (SSSR count). The van der Waals surface area contributed by atoms with E-state index in [1.165, 1.54) is 0 Å². The van der Waals surface area contributed by atoms with Crippen molar-refractivity contribution in [2.45, 2.75) is 58.9 Å². The van der Waals surface area contributed by atoms with E-state index in [9.17, 15) is 13.2 Å². The van der Waals surface area contributed by atoms with Gasteiger partial charge >= 0.3 is 0 Å². The molecule has 1 fully saturated rings. The molecule has 0 aromatic heterocycles. The van der Waals surface area contributed by atoms with Gasteiger partial charge in [0.25, 0.3) is 0 Å². The Balaban J connectivity index is 2.41. The monoisotopic (exact) mass is 261 g/mol. The van der Waals surface area contributed by atoms with Crippen LogP contribution in [0.15, 0.2) is 0 Å². The Morgan fingerprint density at radius 3 is 2.24 bits per heavy atom. The number of carbonyl (C=O) groups excluding carboxylic acids is 1. The molecule has 0 aromatic carbocycles. The third-order valence-corrected chi connectivity index (χ3v) is 4.44. The van der Waals surface area contributed by atoms with Gasteiger partial charge in [-0.05, 0) is 24.7 Å². The summed E-state index contributed by atoms with van der Waals surface area (Å²) in [6.07, 6.45) is 2.95. The summed E-state index contributed by atoms with van der Waals surface area (Å²) in [6.45, 7) is 6.09. The standard InChI is InChI=1S/C12H23NO3S/c1-12(2,3)8-9-17(15,16)13-10-4-6-11(14)7-5-10/h10,13H,4-9H2,1-3H3. The normalized spacial score (nSPS) is 19.6. The number of ketones is 1. The molecule has 0 saturated heterocycles. The Bertz CT molecular complexity index is 358. The third kappa shape index (κ3) is 6.17. The van der Waals surface area contributed by atoms with Crippen molar-refractivity contribution in [2.24, 2.45) is 5.41 Å². The second kappa shape index (κ2) is 5.48. The lowest BCUT2D eigenvalue weighted by Gasteiger charge is -2.23. The second-order valence-corrected chi connectivity index (χ2v) is 7.93. The molecule has 0 bridgehead atoms. The van der Waals surface area contributed by atoms with E-state index in [2.05, 4.69) is 4.72 Å². The van der Waals surface area contributed by atoms with Crippen LogP contribution in [0.2, 0.25) is 0 Å². The van der Waals surface area contributed by atoms with E-state index in [1.807, 2.05) is 20.8 Å². The number of Topliss-reactive ketones (excluding diaryl/α,β-unsaturated/α-hetero) is 1. The summed E-state index contributed by atoms with van der Waals surface area (Å²) >= 11 is 0. The van der Waals surface area contributed by atoms with Crippen LogP contribution in [0.1, 0.15) is 52.9 Å². The first-order valence-electron chi connectivity index (χ1n) is 6.20. The summed E-state index contributed by atoms with van der Waals surface area (Å²) in [4.78, 5) is 11.1. The van der Waals surface area contributed by atoms with Crippen molar-refractivity contribution in [3.05, 3.63) is 0 Å². The predicted molar refractivity (Wildman–Crippen MR) is 68.3 cm³/mol. The SMILES string of the molecule is CC(C)(C)CCS(=O)(=O)NC1CCC(=O)CC1. The Morgan fingerprint density at radius 1 is 1.24 bits per heavy atom. The van der Waals surface area contributed by atoms with Crippen molar-refractivity contribution in [2.75, 3.05) is 5.75 Å². The molecule has 100 valence electrons. The van der Waals surface area contributed by atoms with Crippen molar-refractivity contribution < 1.29 is 13.2 Å². The molecule has 1 aliphatic carbocycles. The van der Waals surface area contributed by atoms with Gasteiger partial charge in [0.05, 0.1) is 5.75 Å². The maximum absolute atomic E-state index is 11.8. The topological polar surface area (TPSA) is 63.2 Å². The van der Waals surface area contributed by atoms with E-state index < -0.39 is 10.0 Å². The Labute approximate surface area is 104 Å². The van der Waals surface area contributed by atoms with Gasteiger partial charge in [-0.1, -0.05) is 20.8 Å². The minimum atomic E-state index is -3.19. The van der Waals surface area contributed by atoms with Crippen LogP contribution >= 0.6 is 0 Å². The zero-order chi connectivity index (χ0) is 13.1. The van der Waals surface area contributed by atoms with Gasteiger partial charge in [0, 0.05) is 18.9 Å². The summed E-state index contributed by atoms with van der Waals surface area (Å²) in [5.74, 6) is 0.413. The lowest BCUT2D eigenvalue weighted by atomic mass is 9.94. The molecule has 0 radical (unpaired) electrons. The molecule has 0 amide bonds. The smallest absolute Gasteiger partial charge is 0.211 e. The van der Waals surface area contributed by atoms with Crippen LogP contribution in [-0.2, 0) is 14.8 Å². The van der Waals surface area contributed by atoms with Gasteiger partial charge in [0.2, 0.25) is 10.0 Å². The molecule has 1 N–H and O–H groups in total. The van der Waals surface area contributed by atoms with Crippen molar-refractivity contribution >= 4 is 15.8 Å². The quantitative estimate of drug-likeness (QED) is 0.840. The fraction of sp³-hybridized carbons (Fsp3) is 0.917. The predicted octanol–water partition coefficient (Wildman–Crippen LogP) is 1.85. The van der Waals surface area contributed by atoms with Crippen LogP contribution in [0.4, 0.5) is 0 Å². The van der Waals surface area contributed by atoms with Crippen LogP contribution in [0.3, 0.4) is 0 Å². The highest BCUT2D eigenvalue weighted by Crippen LogP contribution is 2.20. The minimum Gasteiger partial charge on any atom is -0.300 e. The molecule has 5 heteroatoms. The fourth-order valence-corrected chi connectivity index (χ4v) is 3.55. The highest BCUT2D eigenvalue weighted by Gasteiger charge is 2.24. The van der Waals surface area contributed by atoms with E-state index in [-0.39, 0.29) is 23.0 Å². The maximum Gasteiger partial charge on any atom is 0.211 e. The summed E-state index contributed by atoms with van der Waals surface area (Å²) in [7, 11) is -3.19. The Morgan fingerprint density at radius 2 is 1.76 bits per heavy atom. The van der Waals surface area contributed by atoms with E-state index in [0.29, 0.717) is 32.1 Å². The van der Waals surface area contributed by atoms with Gasteiger partial charge in [0.15, 0.2) is 0 Å². The van der Waals surface area contributed by atoms with Crippen LogP contribution in [-0.4, -0.2) is 26.0 Å². The summed E-state index contributed by atoms with van der Waals surface area (Å²) < 4.78 is 26.4. The second-order valence-electron chi connectivity index (χ2n) is 6.06. The van der Waals surface area contributed by atoms with Crippen molar-refractivity contribution in [1.82, 2.24) is 4.72 Å². The first-order valence-corrected chi connectivity index (χ1v) is 7.85. The first kappa shape index (κ1) is 14.6. The molecule has 17 heavy (non-hydrogen) atoms. The van der Waals surface area contributed by atoms with E-state index in [1.54, 1.807) is 0 Å². The molecule has 0 heterocycles. The lowest BCUT2D eigenvalue weighted by Crippen LogP contribution is -2.39. The summed E-state index contributed by atoms with van der Waals surface area (Å²) in [6, 6.07) is -0.0438. The molecular weight excluding hydrogens is 238 g/mol. The van der Waals surface area contributed by atoms with Crippen LogP contribution in [0.25, 0.3) is 0 Å². The molecule has 0 aliphatic heterocycles. The molecular formula is C12H23NO3S. The van der Waals surface area contributed by atoms with Crippen LogP contribution < -0.4 is 4.72 Å². The van der Waals surface area contributed by atoms with E-state index in [4.69, 9.17) is 0 Å². The molecule has 1 saturated carbocycles. The third-order valence-electron chi connectivity index (χ3n) is 3.01. The Kier molecular flexibility index (Phi) is 4.72. The number of carbonyl (C=O) groups is 1. The average molecular weight is 261 g/mol. The highest BCUT2D eigenvalue weighted by molar-refractivity contribution is 7.89. The molecule has 0 spiro atoms. The van der Waals surface area contributed by atoms with Gasteiger partial charge in [-0.3, -0.25) is 4.79 Å². The Hall–Kier alpha value is -0.420. The van der Waals surface area contributed by atoms with Gasteiger partial charge < -0.3 is 0 Å². The number of sulfonamides is 1. The first-order chi connectivity index (χ1) is 7.68. The molecule has 4 nitrogen and oxygen atoms in total. The van der Waals surface area contributed by atoms with E-state index in [0.717, 1.165) is 0 Å². The van der Waals surface area contributed by atoms with Crippen molar-refractivity contribution in [1.29, 1.82) is 0 Å². The van der Waals surface area contributed by atoms with Crippen LogP contribution in [0.5, 0.6) is 0 Å². The summed E-state index contributed by atoms with van der Waals surface area (Å²) in [5, 5.41) is 0. The van der Waals surface area contributed by atoms with Gasteiger partial charge in [-0.2, -0.15) is 0 Å². The van der Waals surface area contributed by atoms with E-state index >= 15 is 0 Å². The minimum absolute atomic E-state index is 0.0251. The van der Waals surface area contributed by atoms with Crippen molar-refractivity contribution in [3.63, 3.8) is 0 Å².